The number of fused-ring (bicyclic) bond motifs is 1. The summed E-state index contributed by atoms with van der Waals surface area (Å²) in [6.07, 6.45) is 1.57. The Bertz CT molecular complexity index is 467. The number of hydrogen-bond acceptors (Lipinski definition) is 2. The van der Waals surface area contributed by atoms with Gasteiger partial charge in [-0.3, -0.25) is 0 Å². The molecule has 0 amide bonds. The largest absolute Gasteiger partial charge is 0.464 e. The van der Waals surface area contributed by atoms with Crippen molar-refractivity contribution in [3.05, 3.63) is 35.0 Å². The summed E-state index contributed by atoms with van der Waals surface area (Å²) in [7, 11) is 0. The Morgan fingerprint density at radius 3 is 3.00 bits per heavy atom. The van der Waals surface area contributed by atoms with Gasteiger partial charge in [0.15, 0.2) is 0 Å². The van der Waals surface area contributed by atoms with Crippen molar-refractivity contribution in [3.63, 3.8) is 0 Å². The normalized spacial score (nSPS) is 10.0. The number of rotatable bonds is 0. The van der Waals surface area contributed by atoms with E-state index in [0.29, 0.717) is 16.2 Å². The maximum absolute atomic E-state index is 8.64. The van der Waals surface area contributed by atoms with Crippen LogP contribution in [0.3, 0.4) is 0 Å². The van der Waals surface area contributed by atoms with Crippen LogP contribution < -0.4 is 0 Å². The fourth-order valence-electron chi connectivity index (χ4n) is 1.07. The van der Waals surface area contributed by atoms with Crippen LogP contribution in [-0.2, 0) is 0 Å². The zero-order valence-corrected chi connectivity index (χ0v) is 6.80. The van der Waals surface area contributed by atoms with Crippen LogP contribution in [0, 0.1) is 11.3 Å². The molecular formula is C9H4ClNO. The molecule has 0 saturated carbocycles. The highest BCUT2D eigenvalue weighted by molar-refractivity contribution is 6.32. The molecule has 0 aliphatic rings. The Balaban J connectivity index is 2.84. The molecule has 0 spiro atoms. The Hall–Kier alpha value is -1.46. The summed E-state index contributed by atoms with van der Waals surface area (Å²) in [6.45, 7) is 0. The zero-order chi connectivity index (χ0) is 8.55. The van der Waals surface area contributed by atoms with Crippen LogP contribution in [0.5, 0.6) is 0 Å². The van der Waals surface area contributed by atoms with Gasteiger partial charge >= 0.3 is 0 Å². The van der Waals surface area contributed by atoms with Gasteiger partial charge in [0, 0.05) is 11.5 Å². The van der Waals surface area contributed by atoms with Crippen LogP contribution in [0.2, 0.25) is 5.02 Å². The van der Waals surface area contributed by atoms with E-state index in [9.17, 15) is 0 Å². The summed E-state index contributed by atoms with van der Waals surface area (Å²) in [5, 5.41) is 10.0. The molecule has 2 rings (SSSR count). The topological polar surface area (TPSA) is 36.9 Å². The number of halogens is 1. The monoisotopic (exact) mass is 177 g/mol. The molecule has 2 aromatic rings. The average Bonchev–Trinajstić information content (AvgIpc) is 2.49. The highest BCUT2D eigenvalue weighted by atomic mass is 35.5. The first-order valence-corrected chi connectivity index (χ1v) is 3.76. The Morgan fingerprint density at radius 2 is 2.25 bits per heavy atom. The lowest BCUT2D eigenvalue weighted by Crippen LogP contribution is -1.75. The van der Waals surface area contributed by atoms with Gasteiger partial charge < -0.3 is 4.42 Å². The molecule has 1 heterocycles. The van der Waals surface area contributed by atoms with Crippen LogP contribution in [0.1, 0.15) is 5.56 Å². The fourth-order valence-corrected chi connectivity index (χ4v) is 1.28. The molecule has 1 aromatic heterocycles. The Kier molecular flexibility index (Phi) is 1.53. The molecule has 0 saturated heterocycles. The van der Waals surface area contributed by atoms with E-state index < -0.39 is 0 Å². The molecule has 0 radical (unpaired) electrons. The zero-order valence-electron chi connectivity index (χ0n) is 6.04. The summed E-state index contributed by atoms with van der Waals surface area (Å²) in [4.78, 5) is 0. The highest BCUT2D eigenvalue weighted by Crippen LogP contribution is 2.23. The fraction of sp³-hybridized carbons (Fsp3) is 0. The molecule has 58 valence electrons. The van der Waals surface area contributed by atoms with E-state index in [-0.39, 0.29) is 0 Å². The average molecular weight is 178 g/mol. The molecule has 0 aliphatic heterocycles. The van der Waals surface area contributed by atoms with E-state index in [2.05, 4.69) is 0 Å². The van der Waals surface area contributed by atoms with Gasteiger partial charge in [-0.25, -0.2) is 0 Å². The van der Waals surface area contributed by atoms with Crippen molar-refractivity contribution >= 4 is 22.6 Å². The lowest BCUT2D eigenvalue weighted by atomic mass is 10.2. The first kappa shape index (κ1) is 7.20. The third-order valence-electron chi connectivity index (χ3n) is 1.66. The molecule has 0 fully saturated rings. The van der Waals surface area contributed by atoms with Crippen LogP contribution in [-0.4, -0.2) is 0 Å². The summed E-state index contributed by atoms with van der Waals surface area (Å²) >= 11 is 5.80. The minimum absolute atomic E-state index is 0.444. The minimum Gasteiger partial charge on any atom is -0.464 e. The smallest absolute Gasteiger partial charge is 0.135 e. The van der Waals surface area contributed by atoms with E-state index in [0.717, 1.165) is 5.39 Å². The van der Waals surface area contributed by atoms with Crippen molar-refractivity contribution in [3.8, 4) is 6.07 Å². The van der Waals surface area contributed by atoms with Gasteiger partial charge in [0.2, 0.25) is 0 Å². The van der Waals surface area contributed by atoms with Gasteiger partial charge in [0.1, 0.15) is 11.7 Å². The third-order valence-corrected chi connectivity index (χ3v) is 1.98. The van der Waals surface area contributed by atoms with Gasteiger partial charge in [0.25, 0.3) is 0 Å². The lowest BCUT2D eigenvalue weighted by molar-refractivity contribution is 0.616. The minimum atomic E-state index is 0.444. The lowest BCUT2D eigenvalue weighted by Gasteiger charge is -1.92. The van der Waals surface area contributed by atoms with Crippen molar-refractivity contribution in [1.29, 1.82) is 5.26 Å². The van der Waals surface area contributed by atoms with E-state index in [1.165, 1.54) is 0 Å². The summed E-state index contributed by atoms with van der Waals surface area (Å²) < 4.78 is 5.11. The second-order valence-electron chi connectivity index (χ2n) is 2.40. The Labute approximate surface area is 74.0 Å². The van der Waals surface area contributed by atoms with Gasteiger partial charge in [-0.1, -0.05) is 11.6 Å². The van der Waals surface area contributed by atoms with Crippen molar-refractivity contribution in [2.24, 2.45) is 0 Å². The first-order valence-electron chi connectivity index (χ1n) is 3.38. The molecule has 12 heavy (non-hydrogen) atoms. The molecule has 3 heteroatoms. The number of nitriles is 1. The molecule has 2 nitrogen and oxygen atoms in total. The van der Waals surface area contributed by atoms with Crippen molar-refractivity contribution in [2.75, 3.05) is 0 Å². The molecule has 0 bridgehead atoms. The van der Waals surface area contributed by atoms with Gasteiger partial charge in [-0.15, -0.1) is 0 Å². The van der Waals surface area contributed by atoms with E-state index >= 15 is 0 Å². The molecule has 1 aromatic carbocycles. The van der Waals surface area contributed by atoms with Gasteiger partial charge in [-0.2, -0.15) is 5.26 Å². The maximum Gasteiger partial charge on any atom is 0.135 e. The van der Waals surface area contributed by atoms with Crippen molar-refractivity contribution in [2.45, 2.75) is 0 Å². The van der Waals surface area contributed by atoms with Crippen molar-refractivity contribution < 1.29 is 4.42 Å². The number of benzene rings is 1. The molecule has 0 aliphatic carbocycles. The Morgan fingerprint density at radius 1 is 1.42 bits per heavy atom. The van der Waals surface area contributed by atoms with Crippen LogP contribution in [0.25, 0.3) is 11.0 Å². The van der Waals surface area contributed by atoms with Gasteiger partial charge in [0.05, 0.1) is 16.8 Å². The standard InChI is InChI=1S/C9H4ClNO/c10-8-3-6-1-2-12-9(6)4-7(8)5-11/h1-4H. The summed E-state index contributed by atoms with van der Waals surface area (Å²) in [6, 6.07) is 7.15. The summed E-state index contributed by atoms with van der Waals surface area (Å²) in [5.74, 6) is 0. The van der Waals surface area contributed by atoms with Crippen LogP contribution in [0.15, 0.2) is 28.9 Å². The summed E-state index contributed by atoms with van der Waals surface area (Å²) in [5.41, 5.74) is 1.13. The second-order valence-corrected chi connectivity index (χ2v) is 2.81. The second kappa shape index (κ2) is 2.54. The first-order chi connectivity index (χ1) is 5.81. The van der Waals surface area contributed by atoms with Gasteiger partial charge in [-0.05, 0) is 12.1 Å². The van der Waals surface area contributed by atoms with Crippen molar-refractivity contribution in [1.82, 2.24) is 0 Å². The predicted molar refractivity (Wildman–Crippen MR) is 45.9 cm³/mol. The van der Waals surface area contributed by atoms with E-state index in [1.807, 2.05) is 12.1 Å². The number of furan rings is 1. The molecule has 0 unspecified atom stereocenters. The van der Waals surface area contributed by atoms with Crippen LogP contribution in [0.4, 0.5) is 0 Å². The predicted octanol–water partition coefficient (Wildman–Crippen LogP) is 2.96. The maximum atomic E-state index is 8.64. The molecule has 0 N–H and O–H groups in total. The molecule has 0 atom stereocenters. The third kappa shape index (κ3) is 0.956. The molecular weight excluding hydrogens is 174 g/mol. The number of hydrogen-bond donors (Lipinski definition) is 0. The van der Waals surface area contributed by atoms with Crippen LogP contribution >= 0.6 is 11.6 Å². The quantitative estimate of drug-likeness (QED) is 0.620. The highest BCUT2D eigenvalue weighted by Gasteiger charge is 2.03. The SMILES string of the molecule is N#Cc1cc2occc2cc1Cl. The van der Waals surface area contributed by atoms with E-state index in [4.69, 9.17) is 21.3 Å². The number of nitrogens with zero attached hydrogens (tertiary/aromatic N) is 1. The van der Waals surface area contributed by atoms with E-state index in [1.54, 1.807) is 18.4 Å².